The Morgan fingerprint density at radius 1 is 0.477 bits per heavy atom. The number of benzene rings is 5. The number of fused-ring (bicyclic) bond motifs is 3. The summed E-state index contributed by atoms with van der Waals surface area (Å²) in [5.41, 5.74) is 8.87. The van der Waals surface area contributed by atoms with E-state index in [0.29, 0.717) is 0 Å². The van der Waals surface area contributed by atoms with E-state index in [1.54, 1.807) is 6.20 Å². The number of aromatic nitrogens is 2. The van der Waals surface area contributed by atoms with E-state index in [0.717, 1.165) is 22.5 Å². The Labute approximate surface area is 275 Å². The molecule has 44 heavy (non-hydrogen) atoms. The second-order valence-electron chi connectivity index (χ2n) is 10.1. The van der Waals surface area contributed by atoms with Gasteiger partial charge in [-0.2, -0.15) is 0 Å². The van der Waals surface area contributed by atoms with E-state index < -0.39 is 0 Å². The number of hydrogen-bond donors (Lipinski definition) is 0. The fourth-order valence-corrected chi connectivity index (χ4v) is 6.45. The second-order valence-corrected chi connectivity index (χ2v) is 11.1. The summed E-state index contributed by atoms with van der Waals surface area (Å²) in [5, 5.41) is 2.67. The van der Waals surface area contributed by atoms with Gasteiger partial charge in [0.05, 0.1) is 0 Å². The molecule has 0 aliphatic rings. The van der Waals surface area contributed by atoms with Crippen molar-refractivity contribution in [1.29, 1.82) is 0 Å². The standard InChI is InChI=1S/C29H18NS.C11H8N.Ir/c1-2-13-28-25(9-1)26-11-6-10-24(29(26)31-28)21-16-14-20(15-17-21)22-7-5-8-23(19-22)27-12-3-4-18-30-27;1-2-6-10(7-3-1)11-8-4-5-9-12-11;/h1-7,9-19H;1-6,8-9H;/q2*-1;. The first-order chi connectivity index (χ1) is 21.3. The number of thiophene rings is 1. The average Bonchev–Trinajstić information content (AvgIpc) is 3.49. The summed E-state index contributed by atoms with van der Waals surface area (Å²) in [6.45, 7) is 0. The third-order valence-electron chi connectivity index (χ3n) is 7.33. The topological polar surface area (TPSA) is 25.8 Å². The Kier molecular flexibility index (Phi) is 9.14. The molecule has 4 heteroatoms. The number of pyridine rings is 2. The zero-order valence-corrected chi connectivity index (χ0v) is 26.9. The molecule has 0 amide bonds. The fourth-order valence-electron chi connectivity index (χ4n) is 5.21. The van der Waals surface area contributed by atoms with E-state index in [9.17, 15) is 0 Å². The first kappa shape index (κ1) is 29.3. The van der Waals surface area contributed by atoms with Gasteiger partial charge in [-0.25, -0.2) is 0 Å². The van der Waals surface area contributed by atoms with Crippen molar-refractivity contribution in [2.24, 2.45) is 0 Å². The normalized spacial score (nSPS) is 10.5. The van der Waals surface area contributed by atoms with Crippen molar-refractivity contribution in [3.05, 3.63) is 170 Å². The average molecular weight is 759 g/mol. The molecule has 3 aromatic heterocycles. The van der Waals surface area contributed by atoms with E-state index in [1.165, 1.54) is 42.4 Å². The minimum Gasteiger partial charge on any atom is -0.305 e. The van der Waals surface area contributed by atoms with Crippen molar-refractivity contribution in [3.63, 3.8) is 0 Å². The van der Waals surface area contributed by atoms with Crippen LogP contribution in [0.2, 0.25) is 0 Å². The molecule has 213 valence electrons. The van der Waals surface area contributed by atoms with Crippen LogP contribution in [-0.2, 0) is 20.1 Å². The fraction of sp³-hybridized carbons (Fsp3) is 0. The van der Waals surface area contributed by atoms with Crippen LogP contribution < -0.4 is 0 Å². The quantitative estimate of drug-likeness (QED) is 0.167. The van der Waals surface area contributed by atoms with E-state index in [1.807, 2.05) is 84.3 Å². The van der Waals surface area contributed by atoms with Gasteiger partial charge in [-0.1, -0.05) is 84.9 Å². The predicted octanol–water partition coefficient (Wildman–Crippen LogP) is 10.8. The van der Waals surface area contributed by atoms with E-state index in [-0.39, 0.29) is 20.1 Å². The van der Waals surface area contributed by atoms with Gasteiger partial charge in [0.2, 0.25) is 0 Å². The zero-order valence-electron chi connectivity index (χ0n) is 23.6. The van der Waals surface area contributed by atoms with Gasteiger partial charge in [-0.05, 0) is 46.3 Å². The van der Waals surface area contributed by atoms with Crippen molar-refractivity contribution < 1.29 is 20.1 Å². The third kappa shape index (κ3) is 6.29. The second kappa shape index (κ2) is 13.7. The Morgan fingerprint density at radius 3 is 1.86 bits per heavy atom. The minimum absolute atomic E-state index is 0. The molecule has 8 aromatic rings. The maximum Gasteiger partial charge on any atom is 0.0433 e. The van der Waals surface area contributed by atoms with Gasteiger partial charge >= 0.3 is 0 Å². The van der Waals surface area contributed by atoms with Crippen LogP contribution in [-0.4, -0.2) is 9.97 Å². The maximum absolute atomic E-state index is 4.45. The molecule has 0 bridgehead atoms. The molecule has 0 aliphatic carbocycles. The van der Waals surface area contributed by atoms with Gasteiger partial charge in [0.1, 0.15) is 0 Å². The van der Waals surface area contributed by atoms with Crippen molar-refractivity contribution in [2.45, 2.75) is 0 Å². The van der Waals surface area contributed by atoms with Crippen LogP contribution in [0.3, 0.4) is 0 Å². The van der Waals surface area contributed by atoms with Crippen LogP contribution >= 0.6 is 11.3 Å². The summed E-state index contributed by atoms with van der Waals surface area (Å²) in [7, 11) is 0. The van der Waals surface area contributed by atoms with Crippen LogP contribution in [0.4, 0.5) is 0 Å². The van der Waals surface area contributed by atoms with Gasteiger partial charge < -0.3 is 9.97 Å². The Morgan fingerprint density at radius 2 is 1.14 bits per heavy atom. The summed E-state index contributed by atoms with van der Waals surface area (Å²) in [6.07, 6.45) is 3.61. The summed E-state index contributed by atoms with van der Waals surface area (Å²) in [6, 6.07) is 56.5. The molecular weight excluding hydrogens is 733 g/mol. The van der Waals surface area contributed by atoms with Crippen molar-refractivity contribution in [1.82, 2.24) is 9.97 Å². The predicted molar refractivity (Wildman–Crippen MR) is 181 cm³/mol. The molecule has 0 N–H and O–H groups in total. The van der Waals surface area contributed by atoms with E-state index in [2.05, 4.69) is 101 Å². The Bertz CT molecular complexity index is 2070. The Balaban J connectivity index is 0.000000222. The van der Waals surface area contributed by atoms with Gasteiger partial charge in [-0.3, -0.25) is 0 Å². The maximum atomic E-state index is 4.45. The summed E-state index contributed by atoms with van der Waals surface area (Å²) in [4.78, 5) is 8.67. The molecule has 8 rings (SSSR count). The molecule has 0 saturated heterocycles. The van der Waals surface area contributed by atoms with Crippen LogP contribution in [0, 0.1) is 12.1 Å². The summed E-state index contributed by atoms with van der Waals surface area (Å²) >= 11 is 1.87. The number of hydrogen-bond acceptors (Lipinski definition) is 3. The van der Waals surface area contributed by atoms with Crippen molar-refractivity contribution in [3.8, 4) is 44.8 Å². The summed E-state index contributed by atoms with van der Waals surface area (Å²) in [5.74, 6) is 0. The number of rotatable bonds is 4. The van der Waals surface area contributed by atoms with Crippen molar-refractivity contribution in [2.75, 3.05) is 0 Å². The SMILES string of the molecule is [Ir].[c-]1ccc(-c2ccc(-c3cccc4c3sc3ccccc34)cc2)cc1-c1ccccn1.[c-]1ccccc1-c1ccccn1. The van der Waals surface area contributed by atoms with Crippen molar-refractivity contribution >= 4 is 31.5 Å². The molecular formula is C40H26IrN2S-2. The smallest absolute Gasteiger partial charge is 0.0433 e. The van der Waals surface area contributed by atoms with Crippen LogP contribution in [0.5, 0.6) is 0 Å². The molecule has 0 fully saturated rings. The Hall–Kier alpha value is -4.73. The first-order valence-corrected chi connectivity index (χ1v) is 15.0. The van der Waals surface area contributed by atoms with Crippen LogP contribution in [0.25, 0.3) is 64.9 Å². The van der Waals surface area contributed by atoms with E-state index in [4.69, 9.17) is 0 Å². The van der Waals surface area contributed by atoms with Gasteiger partial charge in [-0.15, -0.1) is 82.6 Å². The molecule has 0 spiro atoms. The molecule has 0 aliphatic heterocycles. The molecule has 5 aromatic carbocycles. The molecule has 2 nitrogen and oxygen atoms in total. The van der Waals surface area contributed by atoms with Crippen LogP contribution in [0.15, 0.2) is 158 Å². The monoisotopic (exact) mass is 759 g/mol. The molecule has 0 atom stereocenters. The first-order valence-electron chi connectivity index (χ1n) is 14.2. The molecule has 0 saturated carbocycles. The largest absolute Gasteiger partial charge is 0.305 e. The zero-order chi connectivity index (χ0) is 28.8. The van der Waals surface area contributed by atoms with Crippen LogP contribution in [0.1, 0.15) is 0 Å². The van der Waals surface area contributed by atoms with Gasteiger partial charge in [0.15, 0.2) is 0 Å². The molecule has 1 radical (unpaired) electrons. The molecule has 3 heterocycles. The minimum atomic E-state index is 0. The number of nitrogens with zero attached hydrogens (tertiary/aromatic N) is 2. The summed E-state index contributed by atoms with van der Waals surface area (Å²) < 4.78 is 2.69. The third-order valence-corrected chi connectivity index (χ3v) is 8.55. The molecule has 0 unspecified atom stereocenters. The van der Waals surface area contributed by atoms with Gasteiger partial charge in [0.25, 0.3) is 0 Å². The van der Waals surface area contributed by atoms with Gasteiger partial charge in [0, 0.05) is 52.7 Å². The van der Waals surface area contributed by atoms with E-state index >= 15 is 0 Å².